The molecule has 0 aliphatic rings. The average Bonchev–Trinajstić information content (AvgIpc) is 1.59. The zero-order valence-corrected chi connectivity index (χ0v) is 5.10. The van der Waals surface area contributed by atoms with Crippen molar-refractivity contribution < 1.29 is 1.37 Å². The number of aryl methyl sites for hydroxylation is 2. The van der Waals surface area contributed by atoms with E-state index in [9.17, 15) is 0 Å². The molecule has 0 N–H and O–H groups in total. The van der Waals surface area contributed by atoms with E-state index in [0.717, 1.165) is 11.4 Å². The molecule has 1 aromatic rings. The Morgan fingerprint density at radius 1 is 1.38 bits per heavy atom. The monoisotopic (exact) mass is 108 g/mol. The van der Waals surface area contributed by atoms with Crippen LogP contribution in [0.1, 0.15) is 12.8 Å². The molecule has 0 spiro atoms. The maximum absolute atomic E-state index is 7.24. The summed E-state index contributed by atoms with van der Waals surface area (Å²) in [6, 6.07) is 4.03. The summed E-state index contributed by atoms with van der Waals surface area (Å²) in [4.78, 5) is 4.11. The summed E-state index contributed by atoms with van der Waals surface area (Å²) in [5.74, 6) is 0. The Balaban J connectivity index is 3.17. The number of rotatable bonds is 0. The molecular formula is C7H9N. The zero-order valence-electron chi connectivity index (χ0n) is 6.10. The van der Waals surface area contributed by atoms with E-state index in [1.807, 2.05) is 13.8 Å². The SMILES string of the molecule is [2H]c1cc(C)nc(C)c1. The minimum Gasteiger partial charge on any atom is -0.258 e. The summed E-state index contributed by atoms with van der Waals surface area (Å²) in [5.41, 5.74) is 1.83. The van der Waals surface area contributed by atoms with E-state index in [0.29, 0.717) is 6.04 Å². The lowest BCUT2D eigenvalue weighted by Gasteiger charge is -1.90. The van der Waals surface area contributed by atoms with Gasteiger partial charge < -0.3 is 0 Å². The Morgan fingerprint density at radius 2 is 1.88 bits per heavy atom. The van der Waals surface area contributed by atoms with Gasteiger partial charge in [0.15, 0.2) is 0 Å². The van der Waals surface area contributed by atoms with Crippen LogP contribution < -0.4 is 0 Å². The van der Waals surface area contributed by atoms with Crippen LogP contribution in [0.25, 0.3) is 0 Å². The van der Waals surface area contributed by atoms with Crippen LogP contribution in [0.15, 0.2) is 18.2 Å². The molecular weight excluding hydrogens is 98.1 g/mol. The van der Waals surface area contributed by atoms with Gasteiger partial charge in [-0.1, -0.05) is 6.04 Å². The molecule has 42 valence electrons. The van der Waals surface area contributed by atoms with Gasteiger partial charge in [-0.25, -0.2) is 0 Å². The van der Waals surface area contributed by atoms with Crippen molar-refractivity contribution in [2.24, 2.45) is 0 Å². The Labute approximate surface area is 50.8 Å². The van der Waals surface area contributed by atoms with Crippen LogP contribution in [0.5, 0.6) is 0 Å². The highest BCUT2D eigenvalue weighted by molar-refractivity contribution is 5.07. The van der Waals surface area contributed by atoms with Gasteiger partial charge in [-0.2, -0.15) is 0 Å². The quantitative estimate of drug-likeness (QED) is 0.493. The summed E-state index contributed by atoms with van der Waals surface area (Å²) >= 11 is 0. The van der Waals surface area contributed by atoms with Crippen molar-refractivity contribution in [2.45, 2.75) is 13.8 Å². The molecule has 1 heterocycles. The second-order valence-corrected chi connectivity index (χ2v) is 1.85. The fourth-order valence-electron chi connectivity index (χ4n) is 0.626. The van der Waals surface area contributed by atoms with Crippen LogP contribution >= 0.6 is 0 Å². The van der Waals surface area contributed by atoms with Gasteiger partial charge in [-0.05, 0) is 26.0 Å². The number of nitrogens with zero attached hydrogens (tertiary/aromatic N) is 1. The lowest BCUT2D eigenvalue weighted by Crippen LogP contribution is -1.81. The molecule has 1 aromatic heterocycles. The molecule has 0 aromatic carbocycles. The molecule has 0 aliphatic heterocycles. The largest absolute Gasteiger partial charge is 0.258 e. The smallest absolute Gasteiger partial charge is 0.0624 e. The number of pyridine rings is 1. The normalized spacial score (nSPS) is 11.0. The Morgan fingerprint density at radius 3 is 2.25 bits per heavy atom. The summed E-state index contributed by atoms with van der Waals surface area (Å²) < 4.78 is 7.24. The first-order valence-corrected chi connectivity index (χ1v) is 2.60. The number of hydrogen-bond donors (Lipinski definition) is 0. The van der Waals surface area contributed by atoms with E-state index in [4.69, 9.17) is 1.37 Å². The summed E-state index contributed by atoms with van der Waals surface area (Å²) in [5, 5.41) is 0. The van der Waals surface area contributed by atoms with E-state index >= 15 is 0 Å². The first kappa shape index (κ1) is 4.07. The predicted molar refractivity (Wildman–Crippen MR) is 33.7 cm³/mol. The predicted octanol–water partition coefficient (Wildman–Crippen LogP) is 1.70. The van der Waals surface area contributed by atoms with Crippen LogP contribution in [-0.2, 0) is 0 Å². The molecule has 1 nitrogen and oxygen atoms in total. The number of hydrogen-bond acceptors (Lipinski definition) is 1. The highest BCUT2D eigenvalue weighted by Crippen LogP contribution is 1.93. The minimum atomic E-state index is 0.542. The third kappa shape index (κ3) is 1.06. The van der Waals surface area contributed by atoms with Crippen molar-refractivity contribution >= 4 is 0 Å². The first-order chi connectivity index (χ1) is 4.18. The van der Waals surface area contributed by atoms with Crippen LogP contribution in [-0.4, -0.2) is 4.98 Å². The molecule has 0 bridgehead atoms. The average molecular weight is 108 g/mol. The van der Waals surface area contributed by atoms with Gasteiger partial charge in [0.25, 0.3) is 0 Å². The standard InChI is InChI=1S/C7H9N/c1-6-4-3-5-7(2)8-6/h3-5H,1-2H3/i3D. The Hall–Kier alpha value is -0.850. The second-order valence-electron chi connectivity index (χ2n) is 1.85. The van der Waals surface area contributed by atoms with Crippen molar-refractivity contribution in [1.29, 1.82) is 0 Å². The minimum absolute atomic E-state index is 0.542. The Kier molecular flexibility index (Phi) is 0.992. The van der Waals surface area contributed by atoms with Gasteiger partial charge in [0.2, 0.25) is 0 Å². The zero-order chi connectivity index (χ0) is 6.85. The molecule has 1 heteroatoms. The van der Waals surface area contributed by atoms with Crippen molar-refractivity contribution in [3.63, 3.8) is 0 Å². The molecule has 0 atom stereocenters. The highest BCUT2D eigenvalue weighted by atomic mass is 14.7. The maximum Gasteiger partial charge on any atom is 0.0624 e. The van der Waals surface area contributed by atoms with Crippen LogP contribution in [0.3, 0.4) is 0 Å². The van der Waals surface area contributed by atoms with Crippen LogP contribution in [0.4, 0.5) is 0 Å². The third-order valence-corrected chi connectivity index (χ3v) is 0.937. The fourth-order valence-corrected chi connectivity index (χ4v) is 0.626. The topological polar surface area (TPSA) is 12.9 Å². The van der Waals surface area contributed by atoms with Crippen LogP contribution in [0.2, 0.25) is 0 Å². The van der Waals surface area contributed by atoms with Crippen molar-refractivity contribution in [1.82, 2.24) is 4.98 Å². The van der Waals surface area contributed by atoms with E-state index in [1.54, 1.807) is 12.1 Å². The van der Waals surface area contributed by atoms with Crippen molar-refractivity contribution in [2.75, 3.05) is 0 Å². The van der Waals surface area contributed by atoms with Gasteiger partial charge >= 0.3 is 0 Å². The van der Waals surface area contributed by atoms with Gasteiger partial charge in [-0.15, -0.1) is 0 Å². The van der Waals surface area contributed by atoms with Gasteiger partial charge in [0.05, 0.1) is 1.37 Å². The molecule has 0 unspecified atom stereocenters. The van der Waals surface area contributed by atoms with Crippen molar-refractivity contribution in [3.8, 4) is 0 Å². The third-order valence-electron chi connectivity index (χ3n) is 0.937. The molecule has 0 saturated carbocycles. The van der Waals surface area contributed by atoms with E-state index in [-0.39, 0.29) is 0 Å². The molecule has 0 radical (unpaired) electrons. The van der Waals surface area contributed by atoms with Gasteiger partial charge in [0, 0.05) is 11.4 Å². The molecule has 8 heavy (non-hydrogen) atoms. The Bertz CT molecular complexity index is 170. The van der Waals surface area contributed by atoms with Crippen molar-refractivity contribution in [3.05, 3.63) is 29.6 Å². The number of aromatic nitrogens is 1. The van der Waals surface area contributed by atoms with Gasteiger partial charge in [0.1, 0.15) is 0 Å². The maximum atomic E-state index is 7.24. The van der Waals surface area contributed by atoms with E-state index in [2.05, 4.69) is 4.98 Å². The molecule has 0 fully saturated rings. The summed E-state index contributed by atoms with van der Waals surface area (Å²) in [6.07, 6.45) is 0. The fraction of sp³-hybridized carbons (Fsp3) is 0.286. The van der Waals surface area contributed by atoms with Crippen LogP contribution in [0, 0.1) is 13.8 Å². The summed E-state index contributed by atoms with van der Waals surface area (Å²) in [7, 11) is 0. The van der Waals surface area contributed by atoms with E-state index < -0.39 is 0 Å². The first-order valence-electron chi connectivity index (χ1n) is 3.10. The second kappa shape index (κ2) is 1.95. The van der Waals surface area contributed by atoms with E-state index in [1.165, 1.54) is 0 Å². The summed E-state index contributed by atoms with van der Waals surface area (Å²) in [6.45, 7) is 3.79. The molecule has 1 rings (SSSR count). The lowest BCUT2D eigenvalue weighted by molar-refractivity contribution is 1.12. The lowest BCUT2D eigenvalue weighted by atomic mass is 10.3. The molecule has 0 saturated heterocycles. The molecule has 0 amide bonds. The highest BCUT2D eigenvalue weighted by Gasteiger charge is 1.82. The molecule has 0 aliphatic carbocycles. The van der Waals surface area contributed by atoms with Gasteiger partial charge in [-0.3, -0.25) is 4.98 Å².